The number of allylic oxidation sites excluding steroid dienone is 2. The molecule has 2 unspecified atom stereocenters. The first-order chi connectivity index (χ1) is 34.4. The quantitative estimate of drug-likeness (QED) is 0.162. The molecule has 0 N–H and O–H groups in total. The van der Waals surface area contributed by atoms with Gasteiger partial charge in [-0.1, -0.05) is 62.3 Å². The molecule has 12 nitrogen and oxygen atoms in total. The van der Waals surface area contributed by atoms with Crippen LogP contribution in [0.3, 0.4) is 0 Å². The fourth-order valence-electron chi connectivity index (χ4n) is 10.8. The molecule has 14 heteroatoms. The van der Waals surface area contributed by atoms with Crippen LogP contribution in [0.25, 0.3) is 23.3 Å². The standard InChI is InChI=1S/2C29H33ClN4O2.2CH4/c1-19-16-31-18-34(19)17-22-14-21-15-23(30)7-8-24(21)26(27-25(22)6-5-11-32-27)20-9-12-33(13-10-20)28(35)36-29(2,3)4;1-19-16-33(18-32-19)17-22-14-21-15-23(30)7-8-24(21)26(27-25(22)6-5-11-31-27)20-9-12-34(13-10-20)28(35)36-29(2,3)4;;/h2*5-8,11,14-16,18,20,26H,9-10,12-13,17H2,1-4H3;2*1H4. The summed E-state index contributed by atoms with van der Waals surface area (Å²) >= 11 is 13.0. The monoisotopic (exact) mass is 1040 g/mol. The molecule has 10 rings (SSSR count). The van der Waals surface area contributed by atoms with Gasteiger partial charge in [0.25, 0.3) is 0 Å². The van der Waals surface area contributed by atoms with Crippen molar-refractivity contribution in [2.75, 3.05) is 26.2 Å². The van der Waals surface area contributed by atoms with Crippen LogP contribution in [-0.2, 0) is 22.6 Å². The maximum Gasteiger partial charge on any atom is 0.410 e. The van der Waals surface area contributed by atoms with E-state index in [4.69, 9.17) is 42.6 Å². The molecule has 392 valence electrons. The minimum absolute atomic E-state index is 0. The van der Waals surface area contributed by atoms with Gasteiger partial charge in [-0.2, -0.15) is 0 Å². The van der Waals surface area contributed by atoms with E-state index in [-0.39, 0.29) is 38.9 Å². The van der Waals surface area contributed by atoms with Crippen molar-refractivity contribution < 1.29 is 19.1 Å². The highest BCUT2D eigenvalue weighted by Crippen LogP contribution is 2.47. The van der Waals surface area contributed by atoms with Crippen LogP contribution >= 0.6 is 23.2 Å². The predicted molar refractivity (Wildman–Crippen MR) is 299 cm³/mol. The van der Waals surface area contributed by atoms with Crippen LogP contribution in [-0.4, -0.2) is 88.4 Å². The van der Waals surface area contributed by atoms with Crippen molar-refractivity contribution in [2.45, 2.75) is 132 Å². The van der Waals surface area contributed by atoms with Crippen molar-refractivity contribution in [2.24, 2.45) is 11.8 Å². The van der Waals surface area contributed by atoms with Crippen LogP contribution in [0.1, 0.15) is 150 Å². The lowest BCUT2D eigenvalue weighted by Gasteiger charge is -2.37. The summed E-state index contributed by atoms with van der Waals surface area (Å²) in [4.78, 5) is 47.6. The van der Waals surface area contributed by atoms with Crippen LogP contribution in [0.15, 0.2) is 98.1 Å². The third-order valence-electron chi connectivity index (χ3n) is 14.1. The number of piperidine rings is 2. The Morgan fingerprint density at radius 3 is 1.50 bits per heavy atom. The summed E-state index contributed by atoms with van der Waals surface area (Å²) in [5.74, 6) is 0.930. The number of ether oxygens (including phenoxy) is 2. The van der Waals surface area contributed by atoms with Crippen molar-refractivity contribution in [3.8, 4) is 0 Å². The molecule has 6 heterocycles. The number of aromatic nitrogens is 6. The third-order valence-corrected chi connectivity index (χ3v) is 14.6. The zero-order chi connectivity index (χ0) is 50.9. The van der Waals surface area contributed by atoms with Gasteiger partial charge in [-0.05, 0) is 175 Å². The molecule has 2 saturated heterocycles. The SMILES string of the molecule is C.C.Cc1cn(CC2=Cc3cc(Cl)ccc3C(C3CCN(C(=O)OC(C)(C)C)CC3)c3ncccc32)cn1.Cc1cncn1CC1=Cc2cc(Cl)ccc2C(C2CCN(C(=O)OC(C)(C)C)CC2)c2ncccc21. The Labute approximate surface area is 448 Å². The molecule has 74 heavy (non-hydrogen) atoms. The molecule has 0 radical (unpaired) electrons. The van der Waals surface area contributed by atoms with Crippen molar-refractivity contribution in [3.05, 3.63) is 164 Å². The molecular weight excluding hydrogens is 968 g/mol. The van der Waals surface area contributed by atoms with Crippen molar-refractivity contribution >= 4 is 58.7 Å². The number of pyridine rings is 2. The van der Waals surface area contributed by atoms with E-state index in [0.717, 1.165) is 80.8 Å². The third kappa shape index (κ3) is 12.8. The fraction of sp³-hybridized carbons (Fsp3) is 0.433. The maximum atomic E-state index is 12.7. The number of amides is 2. The minimum atomic E-state index is -0.494. The second-order valence-corrected chi connectivity index (χ2v) is 22.5. The van der Waals surface area contributed by atoms with Gasteiger partial charge in [0, 0.05) is 103 Å². The van der Waals surface area contributed by atoms with Gasteiger partial charge >= 0.3 is 12.2 Å². The van der Waals surface area contributed by atoms with Crippen LogP contribution in [0.4, 0.5) is 9.59 Å². The van der Waals surface area contributed by atoms with Gasteiger partial charge in [-0.3, -0.25) is 9.97 Å². The highest BCUT2D eigenvalue weighted by atomic mass is 35.5. The zero-order valence-electron chi connectivity index (χ0n) is 42.7. The zero-order valence-corrected chi connectivity index (χ0v) is 44.3. The summed E-state index contributed by atoms with van der Waals surface area (Å²) in [5, 5.41) is 1.45. The van der Waals surface area contributed by atoms with Gasteiger partial charge in [0.1, 0.15) is 11.2 Å². The molecule has 2 aliphatic carbocycles. The van der Waals surface area contributed by atoms with E-state index < -0.39 is 11.2 Å². The number of aryl methyl sites for hydroxylation is 2. The number of carbonyl (C=O) groups is 2. The molecule has 4 aromatic heterocycles. The fourth-order valence-corrected chi connectivity index (χ4v) is 11.2. The van der Waals surface area contributed by atoms with E-state index in [9.17, 15) is 9.59 Å². The largest absolute Gasteiger partial charge is 0.444 e. The number of likely N-dealkylation sites (tertiary alicyclic amines) is 2. The predicted octanol–water partition coefficient (Wildman–Crippen LogP) is 14.4. The maximum absolute atomic E-state index is 12.7. The van der Waals surface area contributed by atoms with Crippen LogP contribution in [0.2, 0.25) is 10.0 Å². The molecule has 0 spiro atoms. The second-order valence-electron chi connectivity index (χ2n) is 21.7. The summed E-state index contributed by atoms with van der Waals surface area (Å²) in [6.07, 6.45) is 19.1. The first-order valence-corrected chi connectivity index (χ1v) is 25.9. The van der Waals surface area contributed by atoms with Crippen molar-refractivity contribution in [1.29, 1.82) is 0 Å². The number of nitrogens with zero attached hydrogens (tertiary/aromatic N) is 8. The number of fused-ring (bicyclic) bond motifs is 4. The first kappa shape index (κ1) is 55.5. The summed E-state index contributed by atoms with van der Waals surface area (Å²) in [6.45, 7) is 19.6. The summed E-state index contributed by atoms with van der Waals surface area (Å²) in [7, 11) is 0. The number of halogens is 2. The van der Waals surface area contributed by atoms with E-state index in [2.05, 4.69) is 80.8 Å². The molecule has 2 atom stereocenters. The second kappa shape index (κ2) is 23.1. The van der Waals surface area contributed by atoms with Crippen LogP contribution < -0.4 is 0 Å². The average Bonchev–Trinajstić information content (AvgIpc) is 3.88. The Bertz CT molecular complexity index is 3000. The van der Waals surface area contributed by atoms with Crippen molar-refractivity contribution in [3.63, 3.8) is 0 Å². The van der Waals surface area contributed by atoms with Gasteiger partial charge in [0.15, 0.2) is 0 Å². The number of imidazole rings is 2. The van der Waals surface area contributed by atoms with Gasteiger partial charge in [0.05, 0.1) is 29.7 Å². The van der Waals surface area contributed by atoms with E-state index in [0.29, 0.717) is 51.1 Å². The Kier molecular flexibility index (Phi) is 17.3. The highest BCUT2D eigenvalue weighted by molar-refractivity contribution is 6.31. The van der Waals surface area contributed by atoms with Crippen LogP contribution in [0.5, 0.6) is 0 Å². The Balaban J connectivity index is 0.000000211. The van der Waals surface area contributed by atoms with Gasteiger partial charge in [-0.25, -0.2) is 19.6 Å². The first-order valence-electron chi connectivity index (χ1n) is 25.2. The van der Waals surface area contributed by atoms with Crippen LogP contribution in [0, 0.1) is 25.7 Å². The number of hydrogen-bond donors (Lipinski definition) is 0. The van der Waals surface area contributed by atoms with Gasteiger partial charge in [-0.15, -0.1) is 0 Å². The molecule has 0 saturated carbocycles. The van der Waals surface area contributed by atoms with Gasteiger partial charge < -0.3 is 28.4 Å². The van der Waals surface area contributed by atoms with E-state index in [1.54, 1.807) is 0 Å². The minimum Gasteiger partial charge on any atom is -0.444 e. The molecule has 2 amide bonds. The lowest BCUT2D eigenvalue weighted by molar-refractivity contribution is 0.0167. The summed E-state index contributed by atoms with van der Waals surface area (Å²) < 4.78 is 15.5. The smallest absolute Gasteiger partial charge is 0.410 e. The topological polar surface area (TPSA) is 120 Å². The van der Waals surface area contributed by atoms with Crippen molar-refractivity contribution in [1.82, 2.24) is 38.9 Å². The van der Waals surface area contributed by atoms with E-state index in [1.165, 1.54) is 22.3 Å². The lowest BCUT2D eigenvalue weighted by atomic mass is 9.76. The molecule has 0 bridgehead atoms. The number of hydrogen-bond acceptors (Lipinski definition) is 8. The normalized spacial score (nSPS) is 17.7. The van der Waals surface area contributed by atoms with E-state index >= 15 is 0 Å². The molecule has 6 aromatic rings. The van der Waals surface area contributed by atoms with E-state index in [1.807, 2.05) is 114 Å². The Morgan fingerprint density at radius 1 is 0.635 bits per heavy atom. The lowest BCUT2D eigenvalue weighted by Crippen LogP contribution is -2.42. The molecule has 2 fully saturated rings. The molecule has 2 aliphatic heterocycles. The highest BCUT2D eigenvalue weighted by Gasteiger charge is 2.38. The molecule has 2 aromatic carbocycles. The summed E-state index contributed by atoms with van der Waals surface area (Å²) in [6, 6.07) is 20.8. The Morgan fingerprint density at radius 2 is 1.09 bits per heavy atom. The summed E-state index contributed by atoms with van der Waals surface area (Å²) in [5.41, 5.74) is 12.8. The number of benzene rings is 2. The number of rotatable bonds is 6. The average molecular weight is 1040 g/mol. The number of carbonyl (C=O) groups excluding carboxylic acids is 2. The Hall–Kier alpha value is -6.24. The molecule has 4 aliphatic rings. The molecular formula is C60H74Cl2N8O4. The van der Waals surface area contributed by atoms with Gasteiger partial charge in [0.2, 0.25) is 0 Å².